The molecular formula is C25H28N4O4S. The number of aromatic nitrogens is 2. The van der Waals surface area contributed by atoms with Gasteiger partial charge < -0.3 is 14.7 Å². The number of hydrogen-bond donors (Lipinski definition) is 1. The Morgan fingerprint density at radius 3 is 2.53 bits per heavy atom. The van der Waals surface area contributed by atoms with Crippen LogP contribution in [-0.2, 0) is 9.84 Å². The molecule has 2 fully saturated rings. The number of carbonyl (C=O) groups is 1. The highest BCUT2D eigenvalue weighted by molar-refractivity contribution is 7.92. The lowest BCUT2D eigenvalue weighted by atomic mass is 10.0. The number of piperidine rings is 1. The first-order valence-corrected chi connectivity index (χ1v) is 13.4. The molecule has 8 nitrogen and oxygen atoms in total. The molecule has 0 radical (unpaired) electrons. The van der Waals surface area contributed by atoms with Crippen LogP contribution in [0, 0.1) is 0 Å². The fourth-order valence-electron chi connectivity index (χ4n) is 4.84. The number of benzene rings is 2. The maximum absolute atomic E-state index is 13.2. The van der Waals surface area contributed by atoms with Gasteiger partial charge in [-0.15, -0.1) is 0 Å². The van der Waals surface area contributed by atoms with Crippen LogP contribution in [0.5, 0.6) is 0 Å². The minimum atomic E-state index is -3.40. The number of carbonyl (C=O) groups excluding carboxylic acids is 1. The van der Waals surface area contributed by atoms with E-state index in [-0.39, 0.29) is 22.2 Å². The zero-order valence-corrected chi connectivity index (χ0v) is 19.7. The number of likely N-dealkylation sites (tertiary alicyclic amines) is 1. The van der Waals surface area contributed by atoms with Gasteiger partial charge in [-0.2, -0.15) is 4.98 Å². The lowest BCUT2D eigenvalue weighted by molar-refractivity contribution is 0.142. The van der Waals surface area contributed by atoms with Crippen molar-refractivity contribution in [1.29, 1.82) is 0 Å². The van der Waals surface area contributed by atoms with Crippen molar-refractivity contribution in [3.8, 4) is 11.4 Å². The van der Waals surface area contributed by atoms with Crippen LogP contribution in [0.1, 0.15) is 56.9 Å². The Labute approximate surface area is 199 Å². The van der Waals surface area contributed by atoms with E-state index in [1.165, 1.54) is 0 Å². The maximum Gasteiger partial charge on any atom is 0.322 e. The highest BCUT2D eigenvalue weighted by atomic mass is 32.2. The Hall–Kier alpha value is -3.20. The SMILES string of the molecule is O=C(Nc1cccc(S(=O)(=O)C2CCCC2)c1)N1CCCC[C@@H]1c1nc(-c2ccccc2)no1. The fraction of sp³-hybridized carbons (Fsp3) is 0.400. The normalized spacial score (nSPS) is 19.3. The number of rotatable bonds is 5. The molecule has 1 saturated carbocycles. The van der Waals surface area contributed by atoms with Crippen molar-refractivity contribution in [3.05, 3.63) is 60.5 Å². The van der Waals surface area contributed by atoms with Crippen molar-refractivity contribution >= 4 is 21.6 Å². The zero-order valence-electron chi connectivity index (χ0n) is 18.9. The Morgan fingerprint density at radius 2 is 1.74 bits per heavy atom. The van der Waals surface area contributed by atoms with Crippen LogP contribution >= 0.6 is 0 Å². The number of nitrogens with zero attached hydrogens (tertiary/aromatic N) is 3. The van der Waals surface area contributed by atoms with E-state index in [9.17, 15) is 13.2 Å². The van der Waals surface area contributed by atoms with E-state index < -0.39 is 9.84 Å². The molecular weight excluding hydrogens is 452 g/mol. The Kier molecular flexibility index (Phi) is 6.36. The largest absolute Gasteiger partial charge is 0.337 e. The van der Waals surface area contributed by atoms with Gasteiger partial charge in [0.05, 0.1) is 10.1 Å². The zero-order chi connectivity index (χ0) is 23.5. The number of hydrogen-bond acceptors (Lipinski definition) is 6. The van der Waals surface area contributed by atoms with Crippen molar-refractivity contribution < 1.29 is 17.7 Å². The Balaban J connectivity index is 1.33. The third kappa shape index (κ3) is 4.57. The van der Waals surface area contributed by atoms with Gasteiger partial charge in [0.2, 0.25) is 11.7 Å². The van der Waals surface area contributed by atoms with E-state index in [0.717, 1.165) is 37.7 Å². The van der Waals surface area contributed by atoms with Gasteiger partial charge in [0.15, 0.2) is 9.84 Å². The summed E-state index contributed by atoms with van der Waals surface area (Å²) >= 11 is 0. The van der Waals surface area contributed by atoms with Gasteiger partial charge in [-0.05, 0) is 50.3 Å². The molecule has 1 aromatic heterocycles. The Bertz CT molecular complexity index is 1250. The van der Waals surface area contributed by atoms with Gasteiger partial charge in [-0.25, -0.2) is 13.2 Å². The molecule has 178 valence electrons. The molecule has 0 unspecified atom stereocenters. The van der Waals surface area contributed by atoms with Crippen molar-refractivity contribution in [1.82, 2.24) is 15.0 Å². The summed E-state index contributed by atoms with van der Waals surface area (Å²) in [7, 11) is -3.40. The molecule has 1 aliphatic carbocycles. The predicted octanol–water partition coefficient (Wildman–Crippen LogP) is 5.21. The standard InChI is InChI=1S/C25H28N4O4S/c30-25(26-19-11-8-14-21(17-19)34(31,32)20-12-4-5-13-20)29-16-7-6-15-22(29)24-27-23(28-33-24)18-9-2-1-3-10-18/h1-3,8-11,14,17,20,22H,4-7,12-13,15-16H2,(H,26,30)/t22-/m1/s1. The molecule has 1 aliphatic heterocycles. The fourth-order valence-corrected chi connectivity index (χ4v) is 6.74. The first-order chi connectivity index (χ1) is 16.5. The second-order valence-electron chi connectivity index (χ2n) is 8.94. The molecule has 34 heavy (non-hydrogen) atoms. The van der Waals surface area contributed by atoms with Gasteiger partial charge in [-0.3, -0.25) is 0 Å². The number of amides is 2. The van der Waals surface area contributed by atoms with Gasteiger partial charge in [0.25, 0.3) is 0 Å². The van der Waals surface area contributed by atoms with Crippen molar-refractivity contribution in [3.63, 3.8) is 0 Å². The summed E-state index contributed by atoms with van der Waals surface area (Å²) in [4.78, 5) is 19.7. The average molecular weight is 481 g/mol. The molecule has 1 atom stereocenters. The van der Waals surface area contributed by atoms with Crippen molar-refractivity contribution in [2.75, 3.05) is 11.9 Å². The van der Waals surface area contributed by atoms with Crippen LogP contribution in [0.3, 0.4) is 0 Å². The summed E-state index contributed by atoms with van der Waals surface area (Å²) in [6, 6.07) is 15.5. The second-order valence-corrected chi connectivity index (χ2v) is 11.2. The van der Waals surface area contributed by atoms with E-state index in [0.29, 0.717) is 36.8 Å². The third-order valence-electron chi connectivity index (χ3n) is 6.68. The molecule has 2 amide bonds. The number of urea groups is 1. The molecule has 1 N–H and O–H groups in total. The molecule has 0 spiro atoms. The highest BCUT2D eigenvalue weighted by Crippen LogP contribution is 2.33. The van der Waals surface area contributed by atoms with Crippen LogP contribution in [-0.4, -0.2) is 41.3 Å². The predicted molar refractivity (Wildman–Crippen MR) is 128 cm³/mol. The molecule has 2 aromatic carbocycles. The lowest BCUT2D eigenvalue weighted by Gasteiger charge is -2.33. The third-order valence-corrected chi connectivity index (χ3v) is 8.94. The molecule has 1 saturated heterocycles. The summed E-state index contributed by atoms with van der Waals surface area (Å²) in [6.45, 7) is 0.555. The maximum atomic E-state index is 13.2. The molecule has 2 heterocycles. The summed E-state index contributed by atoms with van der Waals surface area (Å²) < 4.78 is 31.5. The topological polar surface area (TPSA) is 105 Å². The quantitative estimate of drug-likeness (QED) is 0.537. The van der Waals surface area contributed by atoms with E-state index in [1.807, 2.05) is 30.3 Å². The van der Waals surface area contributed by atoms with Crippen LogP contribution in [0.25, 0.3) is 11.4 Å². The molecule has 0 bridgehead atoms. The van der Waals surface area contributed by atoms with Gasteiger partial charge in [0.1, 0.15) is 6.04 Å². The van der Waals surface area contributed by atoms with Crippen LogP contribution in [0.2, 0.25) is 0 Å². The van der Waals surface area contributed by atoms with E-state index in [4.69, 9.17) is 4.52 Å². The van der Waals surface area contributed by atoms with Crippen LogP contribution in [0.4, 0.5) is 10.5 Å². The first-order valence-electron chi connectivity index (χ1n) is 11.8. The Morgan fingerprint density at radius 1 is 0.971 bits per heavy atom. The molecule has 5 rings (SSSR count). The number of anilines is 1. The first kappa shape index (κ1) is 22.6. The summed E-state index contributed by atoms with van der Waals surface area (Å²) in [5, 5.41) is 6.66. The van der Waals surface area contributed by atoms with E-state index in [1.54, 1.807) is 29.2 Å². The highest BCUT2D eigenvalue weighted by Gasteiger charge is 2.33. The van der Waals surface area contributed by atoms with Crippen molar-refractivity contribution in [2.45, 2.75) is 61.1 Å². The monoisotopic (exact) mass is 480 g/mol. The van der Waals surface area contributed by atoms with Crippen molar-refractivity contribution in [2.24, 2.45) is 0 Å². The molecule has 3 aromatic rings. The lowest BCUT2D eigenvalue weighted by Crippen LogP contribution is -2.41. The summed E-state index contributed by atoms with van der Waals surface area (Å²) in [5.41, 5.74) is 1.31. The minimum absolute atomic E-state index is 0.261. The summed E-state index contributed by atoms with van der Waals surface area (Å²) in [5.74, 6) is 0.901. The molecule has 9 heteroatoms. The number of nitrogens with one attached hydrogen (secondary N) is 1. The van der Waals surface area contributed by atoms with Gasteiger partial charge in [0, 0.05) is 17.8 Å². The second kappa shape index (κ2) is 9.58. The van der Waals surface area contributed by atoms with E-state index in [2.05, 4.69) is 15.5 Å². The van der Waals surface area contributed by atoms with Gasteiger partial charge >= 0.3 is 6.03 Å². The van der Waals surface area contributed by atoms with E-state index >= 15 is 0 Å². The van der Waals surface area contributed by atoms with Crippen LogP contribution < -0.4 is 5.32 Å². The summed E-state index contributed by atoms with van der Waals surface area (Å²) in [6.07, 6.45) is 5.83. The van der Waals surface area contributed by atoms with Crippen LogP contribution in [0.15, 0.2) is 64.0 Å². The smallest absolute Gasteiger partial charge is 0.322 e. The average Bonchev–Trinajstić information content (AvgIpc) is 3.58. The minimum Gasteiger partial charge on any atom is -0.337 e. The van der Waals surface area contributed by atoms with Gasteiger partial charge in [-0.1, -0.05) is 54.4 Å². The number of sulfone groups is 1. The molecule has 2 aliphatic rings.